The summed E-state index contributed by atoms with van der Waals surface area (Å²) in [5.74, 6) is 0.852. The first-order valence-corrected chi connectivity index (χ1v) is 4.74. The summed E-state index contributed by atoms with van der Waals surface area (Å²) in [4.78, 5) is 4.30. The summed E-state index contributed by atoms with van der Waals surface area (Å²) in [5.41, 5.74) is 0. The van der Waals surface area contributed by atoms with E-state index in [9.17, 15) is 0 Å². The van der Waals surface area contributed by atoms with Gasteiger partial charge in [-0.3, -0.25) is 0 Å². The van der Waals surface area contributed by atoms with E-state index in [0.717, 1.165) is 5.96 Å². The third-order valence-electron chi connectivity index (χ3n) is 1.23. The molecule has 0 saturated heterocycles. The molecule has 0 aromatic carbocycles. The number of guanidine groups is 1. The molecule has 0 bridgehead atoms. The van der Waals surface area contributed by atoms with Crippen LogP contribution in [0.2, 0.25) is 0 Å². The van der Waals surface area contributed by atoms with Gasteiger partial charge in [0, 0.05) is 12.1 Å². The monoisotopic (exact) mass is 183 g/mol. The topological polar surface area (TPSA) is 36.4 Å². The molecule has 0 aromatic rings. The van der Waals surface area contributed by atoms with Crippen LogP contribution in [-0.2, 0) is 0 Å². The van der Waals surface area contributed by atoms with Gasteiger partial charge in [0.25, 0.3) is 0 Å². The number of hydrogen-bond acceptors (Lipinski definition) is 1. The number of aliphatic imine (C=N–C) groups is 1. The summed E-state index contributed by atoms with van der Waals surface area (Å²) >= 11 is 0. The van der Waals surface area contributed by atoms with Gasteiger partial charge in [0.1, 0.15) is 0 Å². The smallest absolute Gasteiger partial charge is 0.191 e. The van der Waals surface area contributed by atoms with Crippen LogP contribution in [-0.4, -0.2) is 24.6 Å². The Morgan fingerprint density at radius 2 is 1.69 bits per heavy atom. The van der Waals surface area contributed by atoms with Gasteiger partial charge in [-0.05, 0) is 27.7 Å². The second kappa shape index (κ2) is 6.52. The quantitative estimate of drug-likeness (QED) is 0.394. The summed E-state index contributed by atoms with van der Waals surface area (Å²) in [6, 6.07) is 0.796. The van der Waals surface area contributed by atoms with E-state index in [1.54, 1.807) is 6.08 Å². The van der Waals surface area contributed by atoms with Crippen LogP contribution in [0.4, 0.5) is 0 Å². The van der Waals surface area contributed by atoms with Crippen molar-refractivity contribution in [3.8, 4) is 0 Å². The number of nitrogens with zero attached hydrogens (tertiary/aromatic N) is 1. The molecule has 13 heavy (non-hydrogen) atoms. The van der Waals surface area contributed by atoms with Gasteiger partial charge in [0.2, 0.25) is 0 Å². The van der Waals surface area contributed by atoms with Crippen LogP contribution in [0.15, 0.2) is 17.6 Å². The lowest BCUT2D eigenvalue weighted by atomic mass is 10.4. The Kier molecular flexibility index (Phi) is 6.02. The molecule has 0 radical (unpaired) electrons. The SMILES string of the molecule is C=CCN=C(NC(C)C)NC(C)C. The molecule has 0 aliphatic carbocycles. The fraction of sp³-hybridized carbons (Fsp3) is 0.700. The second-order valence-corrected chi connectivity index (χ2v) is 3.58. The summed E-state index contributed by atoms with van der Waals surface area (Å²) in [6.07, 6.45) is 1.78. The molecule has 0 aliphatic rings. The van der Waals surface area contributed by atoms with Gasteiger partial charge < -0.3 is 10.6 Å². The van der Waals surface area contributed by atoms with Gasteiger partial charge in [0.05, 0.1) is 6.54 Å². The Balaban J connectivity index is 4.09. The first kappa shape index (κ1) is 12.0. The van der Waals surface area contributed by atoms with E-state index >= 15 is 0 Å². The average Bonchev–Trinajstić information content (AvgIpc) is 1.98. The highest BCUT2D eigenvalue weighted by Crippen LogP contribution is 1.83. The first-order valence-electron chi connectivity index (χ1n) is 4.74. The van der Waals surface area contributed by atoms with Gasteiger partial charge in [-0.15, -0.1) is 6.58 Å². The predicted molar refractivity (Wildman–Crippen MR) is 59.0 cm³/mol. The molecular formula is C10H21N3. The van der Waals surface area contributed by atoms with Crippen LogP contribution in [0.3, 0.4) is 0 Å². The molecule has 0 unspecified atom stereocenters. The first-order chi connectivity index (χ1) is 6.06. The van der Waals surface area contributed by atoms with Gasteiger partial charge >= 0.3 is 0 Å². The van der Waals surface area contributed by atoms with Crippen molar-refractivity contribution < 1.29 is 0 Å². The lowest BCUT2D eigenvalue weighted by molar-refractivity contribution is 0.658. The standard InChI is InChI=1S/C10H21N3/c1-6-7-11-10(12-8(2)3)13-9(4)5/h6,8-9H,1,7H2,2-5H3,(H2,11,12,13). The molecule has 0 spiro atoms. The molecule has 3 heteroatoms. The Bertz CT molecular complexity index is 159. The summed E-state index contributed by atoms with van der Waals surface area (Å²) in [6.45, 7) is 12.6. The minimum Gasteiger partial charge on any atom is -0.354 e. The van der Waals surface area contributed by atoms with Crippen molar-refractivity contribution >= 4 is 5.96 Å². The average molecular weight is 183 g/mol. The third-order valence-corrected chi connectivity index (χ3v) is 1.23. The molecular weight excluding hydrogens is 162 g/mol. The zero-order chi connectivity index (χ0) is 10.3. The number of nitrogens with one attached hydrogen (secondary N) is 2. The van der Waals surface area contributed by atoms with Gasteiger partial charge in [-0.25, -0.2) is 4.99 Å². The van der Waals surface area contributed by atoms with E-state index in [1.807, 2.05) is 0 Å². The fourth-order valence-electron chi connectivity index (χ4n) is 0.836. The molecule has 0 atom stereocenters. The number of rotatable bonds is 4. The highest BCUT2D eigenvalue weighted by molar-refractivity contribution is 5.80. The normalized spacial score (nSPS) is 10.0. The third kappa shape index (κ3) is 7.37. The molecule has 3 nitrogen and oxygen atoms in total. The van der Waals surface area contributed by atoms with Gasteiger partial charge in [0.15, 0.2) is 5.96 Å². The van der Waals surface area contributed by atoms with E-state index in [1.165, 1.54) is 0 Å². The van der Waals surface area contributed by atoms with Crippen LogP contribution in [0.1, 0.15) is 27.7 Å². The lowest BCUT2D eigenvalue weighted by Gasteiger charge is -2.16. The van der Waals surface area contributed by atoms with Crippen LogP contribution in [0.25, 0.3) is 0 Å². The van der Waals surface area contributed by atoms with E-state index in [-0.39, 0.29) is 0 Å². The van der Waals surface area contributed by atoms with Crippen LogP contribution >= 0.6 is 0 Å². The predicted octanol–water partition coefficient (Wildman–Crippen LogP) is 1.52. The van der Waals surface area contributed by atoms with Crippen LogP contribution in [0.5, 0.6) is 0 Å². The summed E-state index contributed by atoms with van der Waals surface area (Å²) < 4.78 is 0. The van der Waals surface area contributed by atoms with Crippen molar-refractivity contribution in [1.29, 1.82) is 0 Å². The van der Waals surface area contributed by atoms with Crippen molar-refractivity contribution in [3.05, 3.63) is 12.7 Å². The van der Waals surface area contributed by atoms with Gasteiger partial charge in [-0.1, -0.05) is 6.08 Å². The highest BCUT2D eigenvalue weighted by atomic mass is 15.2. The maximum Gasteiger partial charge on any atom is 0.191 e. The van der Waals surface area contributed by atoms with Crippen molar-refractivity contribution in [2.45, 2.75) is 39.8 Å². The second-order valence-electron chi connectivity index (χ2n) is 3.58. The zero-order valence-electron chi connectivity index (χ0n) is 9.09. The Hall–Kier alpha value is -0.990. The van der Waals surface area contributed by atoms with Crippen molar-refractivity contribution in [1.82, 2.24) is 10.6 Å². The molecule has 0 saturated carbocycles. The molecule has 76 valence electrons. The van der Waals surface area contributed by atoms with Crippen molar-refractivity contribution in [2.24, 2.45) is 4.99 Å². The lowest BCUT2D eigenvalue weighted by Crippen LogP contribution is -2.44. The van der Waals surface area contributed by atoms with E-state index in [0.29, 0.717) is 18.6 Å². The van der Waals surface area contributed by atoms with E-state index in [4.69, 9.17) is 0 Å². The molecule has 2 N–H and O–H groups in total. The maximum atomic E-state index is 4.30. The van der Waals surface area contributed by atoms with E-state index in [2.05, 4.69) is 49.9 Å². The molecule has 0 aliphatic heterocycles. The molecule has 0 fully saturated rings. The molecule has 0 rings (SSSR count). The van der Waals surface area contributed by atoms with Gasteiger partial charge in [-0.2, -0.15) is 0 Å². The number of hydrogen-bond donors (Lipinski definition) is 2. The Morgan fingerprint density at radius 1 is 1.23 bits per heavy atom. The molecule has 0 amide bonds. The summed E-state index contributed by atoms with van der Waals surface area (Å²) in [7, 11) is 0. The fourth-order valence-corrected chi connectivity index (χ4v) is 0.836. The minimum absolute atomic E-state index is 0.398. The summed E-state index contributed by atoms with van der Waals surface area (Å²) in [5, 5.41) is 6.47. The van der Waals surface area contributed by atoms with Crippen LogP contribution in [0, 0.1) is 0 Å². The Labute approximate surface area is 81.3 Å². The zero-order valence-corrected chi connectivity index (χ0v) is 9.09. The van der Waals surface area contributed by atoms with Crippen LogP contribution < -0.4 is 10.6 Å². The largest absolute Gasteiger partial charge is 0.354 e. The van der Waals surface area contributed by atoms with Crippen molar-refractivity contribution in [3.63, 3.8) is 0 Å². The highest BCUT2D eigenvalue weighted by Gasteiger charge is 2.01. The van der Waals surface area contributed by atoms with E-state index < -0.39 is 0 Å². The van der Waals surface area contributed by atoms with Crippen molar-refractivity contribution in [2.75, 3.05) is 6.54 Å². The molecule has 0 heterocycles. The Morgan fingerprint density at radius 3 is 2.00 bits per heavy atom. The molecule has 0 aromatic heterocycles. The maximum absolute atomic E-state index is 4.30. The minimum atomic E-state index is 0.398.